The van der Waals surface area contributed by atoms with Gasteiger partial charge in [0.2, 0.25) is 0 Å². The maximum Gasteiger partial charge on any atom is 0.312 e. The van der Waals surface area contributed by atoms with E-state index in [1.165, 1.54) is 0 Å². The lowest BCUT2D eigenvalue weighted by Crippen LogP contribution is -2.82. The molecule has 132 valence electrons. The number of benzene rings is 2. The van der Waals surface area contributed by atoms with Crippen molar-refractivity contribution in [3.63, 3.8) is 0 Å². The van der Waals surface area contributed by atoms with Gasteiger partial charge < -0.3 is 5.73 Å². The largest absolute Gasteiger partial charge is 0.312 e. The normalized spacial score (nSPS) is 11.4. The molecule has 0 unspecified atom stereocenters. The third-order valence-electron chi connectivity index (χ3n) is 3.77. The van der Waals surface area contributed by atoms with Crippen molar-refractivity contribution in [1.82, 2.24) is 9.97 Å². The Morgan fingerprint density at radius 3 is 2.42 bits per heavy atom. The van der Waals surface area contributed by atoms with E-state index in [0.717, 1.165) is 33.4 Å². The monoisotopic (exact) mass is 365 g/mol. The zero-order valence-corrected chi connectivity index (χ0v) is 15.7. The number of nitrogens with zero attached hydrogens (tertiary/aromatic N) is 2. The Bertz CT molecular complexity index is 992. The zero-order chi connectivity index (χ0) is 18.7. The van der Waals surface area contributed by atoms with E-state index in [2.05, 4.69) is 31.7 Å². The molecular formula is C19H21N6S+. The first kappa shape index (κ1) is 17.8. The number of aromatic nitrogens is 2. The van der Waals surface area contributed by atoms with E-state index in [-0.39, 0.29) is 5.96 Å². The molecule has 0 saturated heterocycles. The van der Waals surface area contributed by atoms with Crippen LogP contribution < -0.4 is 21.4 Å². The number of rotatable bonds is 2. The van der Waals surface area contributed by atoms with Crippen molar-refractivity contribution >= 4 is 45.8 Å². The second kappa shape index (κ2) is 7.45. The van der Waals surface area contributed by atoms with Crippen molar-refractivity contribution in [1.29, 1.82) is 0 Å². The average molecular weight is 365 g/mol. The van der Waals surface area contributed by atoms with E-state index >= 15 is 0 Å². The Kier molecular flexibility index (Phi) is 5.09. The van der Waals surface area contributed by atoms with E-state index in [4.69, 9.17) is 18.0 Å². The predicted molar refractivity (Wildman–Crippen MR) is 110 cm³/mol. The molecule has 5 N–H and O–H groups in total. The molecule has 0 atom stereocenters. The molecule has 0 saturated carbocycles. The topological polar surface area (TPSA) is 89.8 Å². The van der Waals surface area contributed by atoms with E-state index in [9.17, 15) is 0 Å². The number of hydrogen-bond donors (Lipinski definition) is 4. The summed E-state index contributed by atoms with van der Waals surface area (Å²) in [4.78, 5) is 11.8. The number of thiocarbonyl (C=S) groups is 1. The molecule has 6 nitrogen and oxygen atoms in total. The summed E-state index contributed by atoms with van der Waals surface area (Å²) in [7, 11) is 0. The summed E-state index contributed by atoms with van der Waals surface area (Å²) in [6.45, 7) is 6.01. The van der Waals surface area contributed by atoms with Gasteiger partial charge in [0.05, 0.1) is 16.9 Å². The molecule has 0 spiro atoms. The summed E-state index contributed by atoms with van der Waals surface area (Å²) in [5, 5.41) is 7.47. The Morgan fingerprint density at radius 1 is 1.00 bits per heavy atom. The van der Waals surface area contributed by atoms with E-state index in [1.807, 2.05) is 57.2 Å². The number of guanidine groups is 1. The maximum atomic E-state index is 6.00. The van der Waals surface area contributed by atoms with Crippen molar-refractivity contribution in [3.05, 3.63) is 59.3 Å². The summed E-state index contributed by atoms with van der Waals surface area (Å²) < 4.78 is 0. The van der Waals surface area contributed by atoms with Crippen molar-refractivity contribution in [2.45, 2.75) is 20.8 Å². The number of fused-ring (bicyclic) bond motifs is 1. The first-order valence-electron chi connectivity index (χ1n) is 8.20. The van der Waals surface area contributed by atoms with Gasteiger partial charge in [0.25, 0.3) is 11.1 Å². The maximum absolute atomic E-state index is 6.00. The summed E-state index contributed by atoms with van der Waals surface area (Å²) in [5.41, 5.74) is 11.0. The van der Waals surface area contributed by atoms with Crippen LogP contribution in [0.1, 0.15) is 16.8 Å². The van der Waals surface area contributed by atoms with Crippen LogP contribution in [0.2, 0.25) is 0 Å². The van der Waals surface area contributed by atoms with E-state index in [0.29, 0.717) is 11.1 Å². The lowest BCUT2D eigenvalue weighted by atomic mass is 10.1. The number of para-hydroxylation sites is 1. The molecule has 0 amide bonds. The number of nitrogens with two attached hydrogens (primary N) is 1. The van der Waals surface area contributed by atoms with Gasteiger partial charge in [0.15, 0.2) is 0 Å². The molecule has 0 aliphatic carbocycles. The van der Waals surface area contributed by atoms with Gasteiger partial charge in [-0.1, -0.05) is 24.3 Å². The molecule has 1 heterocycles. The zero-order valence-electron chi connectivity index (χ0n) is 14.9. The number of hydrogen-bond acceptors (Lipinski definition) is 3. The molecule has 0 aliphatic heterocycles. The Hall–Kier alpha value is -3.06. The fourth-order valence-corrected chi connectivity index (χ4v) is 3.00. The second-order valence-electron chi connectivity index (χ2n) is 6.14. The molecule has 26 heavy (non-hydrogen) atoms. The third kappa shape index (κ3) is 4.31. The third-order valence-corrected chi connectivity index (χ3v) is 3.97. The summed E-state index contributed by atoms with van der Waals surface area (Å²) in [5.74, 6) is 0.668. The van der Waals surface area contributed by atoms with Crippen molar-refractivity contribution in [2.75, 3.05) is 10.6 Å². The van der Waals surface area contributed by atoms with Crippen LogP contribution in [0.25, 0.3) is 10.9 Å². The predicted octanol–water partition coefficient (Wildman–Crippen LogP) is 1.76. The van der Waals surface area contributed by atoms with Gasteiger partial charge in [-0.05, 0) is 62.3 Å². The van der Waals surface area contributed by atoms with Crippen LogP contribution in [0.15, 0.2) is 42.5 Å². The van der Waals surface area contributed by atoms with Crippen molar-refractivity contribution in [2.24, 2.45) is 5.73 Å². The van der Waals surface area contributed by atoms with Crippen LogP contribution in [-0.2, 0) is 0 Å². The second-order valence-corrected chi connectivity index (χ2v) is 6.55. The van der Waals surface area contributed by atoms with Gasteiger partial charge in [-0.2, -0.15) is 0 Å². The standard InChI is InChI=1S/C19H20N6S/c1-11-8-12(2)10-14(9-11)22-19(26)25-17(20)24-18-21-13(3)15-6-4-5-7-16(15)23-18/h4-10H,1-3H3,(H4,20,21,22,23,24,25,26)/p+1. The van der Waals surface area contributed by atoms with Gasteiger partial charge >= 0.3 is 5.96 Å². The smallest absolute Gasteiger partial charge is 0.310 e. The van der Waals surface area contributed by atoms with Gasteiger partial charge in [-0.15, -0.1) is 0 Å². The quantitative estimate of drug-likeness (QED) is 0.314. The molecule has 0 radical (unpaired) electrons. The highest BCUT2D eigenvalue weighted by molar-refractivity contribution is 7.80. The first-order chi connectivity index (χ1) is 12.4. The summed E-state index contributed by atoms with van der Waals surface area (Å²) >= 11 is 5.31. The van der Waals surface area contributed by atoms with Crippen molar-refractivity contribution in [3.8, 4) is 0 Å². The fraction of sp³-hybridized carbons (Fsp3) is 0.158. The van der Waals surface area contributed by atoms with Crippen LogP contribution in [0.4, 0.5) is 11.6 Å². The Balaban J connectivity index is 1.74. The summed E-state index contributed by atoms with van der Waals surface area (Å²) in [6, 6.07) is 14.0. The minimum absolute atomic E-state index is 0.251. The molecule has 2 aromatic carbocycles. The molecule has 1 aromatic heterocycles. The van der Waals surface area contributed by atoms with Gasteiger partial charge in [0, 0.05) is 5.39 Å². The summed E-state index contributed by atoms with van der Waals surface area (Å²) in [6.07, 6.45) is 0. The highest BCUT2D eigenvalue weighted by atomic mass is 32.1. The SMILES string of the molecule is Cc1cc(C)cc(NC(=S)[NH+]=C(N)Nc2nc(C)c3ccccc3n2)c1. The molecule has 0 aliphatic rings. The molecular weight excluding hydrogens is 344 g/mol. The molecule has 3 aromatic rings. The number of anilines is 2. The van der Waals surface area contributed by atoms with Crippen LogP contribution >= 0.6 is 12.2 Å². The van der Waals surface area contributed by atoms with Gasteiger partial charge in [-0.3, -0.25) is 5.32 Å². The van der Waals surface area contributed by atoms with E-state index in [1.54, 1.807) is 0 Å². The van der Waals surface area contributed by atoms with Crippen LogP contribution in [0.3, 0.4) is 0 Å². The van der Waals surface area contributed by atoms with Crippen molar-refractivity contribution < 1.29 is 4.99 Å². The van der Waals surface area contributed by atoms with Crippen LogP contribution in [0, 0.1) is 20.8 Å². The molecule has 3 rings (SSSR count). The van der Waals surface area contributed by atoms with Gasteiger partial charge in [0.1, 0.15) is 0 Å². The first-order valence-corrected chi connectivity index (χ1v) is 8.60. The number of nitrogens with one attached hydrogen (secondary N) is 3. The lowest BCUT2D eigenvalue weighted by molar-refractivity contribution is -0.311. The fourth-order valence-electron chi connectivity index (χ4n) is 2.77. The van der Waals surface area contributed by atoms with E-state index < -0.39 is 0 Å². The highest BCUT2D eigenvalue weighted by Gasteiger charge is 2.09. The highest BCUT2D eigenvalue weighted by Crippen LogP contribution is 2.16. The van der Waals surface area contributed by atoms with Gasteiger partial charge in [-0.25, -0.2) is 20.3 Å². The number of aryl methyl sites for hydroxylation is 3. The lowest BCUT2D eigenvalue weighted by Gasteiger charge is -2.06. The average Bonchev–Trinajstić information content (AvgIpc) is 2.53. The van der Waals surface area contributed by atoms with Crippen LogP contribution in [0.5, 0.6) is 0 Å². The Morgan fingerprint density at radius 2 is 1.69 bits per heavy atom. The van der Waals surface area contributed by atoms with Crippen LogP contribution in [-0.4, -0.2) is 21.0 Å². The molecule has 0 bridgehead atoms. The Labute approximate surface area is 157 Å². The molecule has 0 fully saturated rings. The minimum Gasteiger partial charge on any atom is -0.310 e. The molecule has 7 heteroatoms. The minimum atomic E-state index is 0.251.